The molecule has 0 unspecified atom stereocenters. The van der Waals surface area contributed by atoms with E-state index in [-0.39, 0.29) is 23.6 Å². The van der Waals surface area contributed by atoms with Gasteiger partial charge in [-0.3, -0.25) is 29.9 Å². The van der Waals surface area contributed by atoms with Crippen LogP contribution in [0.4, 0.5) is 10.5 Å². The Labute approximate surface area is 189 Å². The summed E-state index contributed by atoms with van der Waals surface area (Å²) in [5, 5.41) is 13.1. The Morgan fingerprint density at radius 3 is 2.50 bits per heavy atom. The standard InChI is InChI=1S/C22H14BrN3O6/c23-18-10-14(26(30)31)6-8-16(18)19-9-7-15(32-19)11-17-20(27)24-22(29)25(21(17)28)12-13-4-2-1-3-5-13/h1-11H,12H2,(H,24,27,29)/b17-11+. The molecule has 2 aromatic carbocycles. The van der Waals surface area contributed by atoms with Gasteiger partial charge >= 0.3 is 6.03 Å². The molecule has 0 spiro atoms. The van der Waals surface area contributed by atoms with E-state index in [1.165, 1.54) is 24.3 Å². The van der Waals surface area contributed by atoms with Crippen LogP contribution in [0.15, 0.2) is 75.1 Å². The molecule has 4 amide bonds. The summed E-state index contributed by atoms with van der Waals surface area (Å²) in [5.74, 6) is -0.979. The summed E-state index contributed by atoms with van der Waals surface area (Å²) in [6, 6.07) is 15.5. The Hall–Kier alpha value is -4.05. The lowest BCUT2D eigenvalue weighted by molar-refractivity contribution is -0.384. The number of halogens is 1. The first kappa shape index (κ1) is 21.2. The molecule has 32 heavy (non-hydrogen) atoms. The predicted octanol–water partition coefficient (Wildman–Crippen LogP) is 4.28. The fraction of sp³-hybridized carbons (Fsp3) is 0.0455. The largest absolute Gasteiger partial charge is 0.457 e. The zero-order valence-electron chi connectivity index (χ0n) is 16.3. The number of amides is 4. The van der Waals surface area contributed by atoms with Crippen molar-refractivity contribution in [3.8, 4) is 11.3 Å². The predicted molar refractivity (Wildman–Crippen MR) is 117 cm³/mol. The number of hydrogen-bond donors (Lipinski definition) is 1. The Morgan fingerprint density at radius 1 is 1.06 bits per heavy atom. The number of furan rings is 1. The van der Waals surface area contributed by atoms with Crippen molar-refractivity contribution < 1.29 is 23.7 Å². The van der Waals surface area contributed by atoms with Crippen LogP contribution in [0.25, 0.3) is 17.4 Å². The number of barbiturate groups is 1. The van der Waals surface area contributed by atoms with E-state index < -0.39 is 22.8 Å². The highest BCUT2D eigenvalue weighted by Crippen LogP contribution is 2.33. The van der Waals surface area contributed by atoms with Crippen molar-refractivity contribution in [2.24, 2.45) is 0 Å². The monoisotopic (exact) mass is 495 g/mol. The molecule has 0 aliphatic carbocycles. The molecule has 9 nitrogen and oxygen atoms in total. The first-order valence-electron chi connectivity index (χ1n) is 9.30. The lowest BCUT2D eigenvalue weighted by atomic mass is 10.1. The van der Waals surface area contributed by atoms with E-state index in [0.29, 0.717) is 15.8 Å². The first-order valence-corrected chi connectivity index (χ1v) is 10.1. The second-order valence-electron chi connectivity index (χ2n) is 6.82. The maximum Gasteiger partial charge on any atom is 0.331 e. The number of nitro benzene ring substituents is 1. The van der Waals surface area contributed by atoms with E-state index in [1.807, 2.05) is 6.07 Å². The van der Waals surface area contributed by atoms with Gasteiger partial charge in [-0.05, 0) is 45.8 Å². The maximum absolute atomic E-state index is 12.9. The lowest BCUT2D eigenvalue weighted by Gasteiger charge is -2.26. The number of nitrogens with zero attached hydrogens (tertiary/aromatic N) is 2. The average Bonchev–Trinajstić information content (AvgIpc) is 3.23. The molecule has 4 rings (SSSR count). The third-order valence-electron chi connectivity index (χ3n) is 4.71. The highest BCUT2D eigenvalue weighted by molar-refractivity contribution is 9.10. The molecule has 1 N–H and O–H groups in total. The van der Waals surface area contributed by atoms with Crippen molar-refractivity contribution in [2.75, 3.05) is 0 Å². The number of nitrogens with one attached hydrogen (secondary N) is 1. The maximum atomic E-state index is 12.9. The van der Waals surface area contributed by atoms with E-state index in [0.717, 1.165) is 10.5 Å². The van der Waals surface area contributed by atoms with E-state index in [1.54, 1.807) is 36.4 Å². The zero-order valence-corrected chi connectivity index (χ0v) is 17.9. The van der Waals surface area contributed by atoms with Gasteiger partial charge in [0.15, 0.2) is 0 Å². The van der Waals surface area contributed by atoms with Crippen LogP contribution in [0.1, 0.15) is 11.3 Å². The van der Waals surface area contributed by atoms with Crippen LogP contribution >= 0.6 is 15.9 Å². The molecule has 160 valence electrons. The number of imide groups is 2. The second kappa shape index (κ2) is 8.60. The van der Waals surface area contributed by atoms with Gasteiger partial charge in [-0.1, -0.05) is 30.3 Å². The summed E-state index contributed by atoms with van der Waals surface area (Å²) in [5.41, 5.74) is 0.958. The summed E-state index contributed by atoms with van der Waals surface area (Å²) in [6.45, 7) is 0.00920. The number of nitro groups is 1. The number of urea groups is 1. The second-order valence-corrected chi connectivity index (χ2v) is 7.67. The van der Waals surface area contributed by atoms with E-state index >= 15 is 0 Å². The van der Waals surface area contributed by atoms with Crippen molar-refractivity contribution >= 4 is 45.5 Å². The Balaban J connectivity index is 1.61. The molecular weight excluding hydrogens is 482 g/mol. The molecular formula is C22H14BrN3O6. The third-order valence-corrected chi connectivity index (χ3v) is 5.37. The van der Waals surface area contributed by atoms with Crippen LogP contribution in [0.3, 0.4) is 0 Å². The molecule has 0 atom stereocenters. The van der Waals surface area contributed by atoms with Crippen molar-refractivity contribution in [3.63, 3.8) is 0 Å². The van der Waals surface area contributed by atoms with Crippen LogP contribution in [-0.2, 0) is 16.1 Å². The number of non-ortho nitro benzene ring substituents is 1. The van der Waals surface area contributed by atoms with Crippen LogP contribution in [-0.4, -0.2) is 27.7 Å². The van der Waals surface area contributed by atoms with Crippen LogP contribution in [0.5, 0.6) is 0 Å². The molecule has 0 bridgehead atoms. The van der Waals surface area contributed by atoms with Gasteiger partial charge in [-0.25, -0.2) is 4.79 Å². The molecule has 1 aliphatic heterocycles. The fourth-order valence-electron chi connectivity index (χ4n) is 3.14. The van der Waals surface area contributed by atoms with Gasteiger partial charge in [0.05, 0.1) is 11.5 Å². The number of rotatable bonds is 5. The van der Waals surface area contributed by atoms with Crippen molar-refractivity contribution in [1.29, 1.82) is 0 Å². The molecule has 1 aromatic heterocycles. The zero-order chi connectivity index (χ0) is 22.8. The van der Waals surface area contributed by atoms with Crippen molar-refractivity contribution in [3.05, 3.63) is 92.1 Å². The SMILES string of the molecule is O=C1NC(=O)N(Cc2ccccc2)C(=O)/C1=C/c1ccc(-c2ccc([N+](=O)[O-])cc2Br)o1. The van der Waals surface area contributed by atoms with Gasteiger partial charge in [-0.15, -0.1) is 0 Å². The van der Waals surface area contributed by atoms with Gasteiger partial charge in [0, 0.05) is 22.2 Å². The Morgan fingerprint density at radius 2 is 1.81 bits per heavy atom. The minimum atomic E-state index is -0.821. The van der Waals surface area contributed by atoms with Gasteiger partial charge in [-0.2, -0.15) is 0 Å². The number of hydrogen-bond acceptors (Lipinski definition) is 6. The highest BCUT2D eigenvalue weighted by Gasteiger charge is 2.36. The summed E-state index contributed by atoms with van der Waals surface area (Å²) in [7, 11) is 0. The molecule has 1 fully saturated rings. The van der Waals surface area contributed by atoms with Gasteiger partial charge in [0.2, 0.25) is 0 Å². The molecule has 0 radical (unpaired) electrons. The van der Waals surface area contributed by atoms with Crippen molar-refractivity contribution in [1.82, 2.24) is 10.2 Å². The molecule has 3 aromatic rings. The van der Waals surface area contributed by atoms with Crippen molar-refractivity contribution in [2.45, 2.75) is 6.54 Å². The summed E-state index contributed by atoms with van der Waals surface area (Å²) in [6.07, 6.45) is 1.25. The molecule has 10 heteroatoms. The molecule has 1 saturated heterocycles. The average molecular weight is 496 g/mol. The van der Waals surface area contributed by atoms with Crippen LogP contribution in [0, 0.1) is 10.1 Å². The number of carbonyl (C=O) groups is 3. The van der Waals surface area contributed by atoms with Gasteiger partial charge in [0.25, 0.3) is 17.5 Å². The van der Waals surface area contributed by atoms with E-state index in [4.69, 9.17) is 4.42 Å². The minimum Gasteiger partial charge on any atom is -0.457 e. The van der Waals surface area contributed by atoms with Crippen LogP contribution in [0.2, 0.25) is 0 Å². The normalized spacial score (nSPS) is 15.2. The van der Waals surface area contributed by atoms with E-state index in [2.05, 4.69) is 21.2 Å². The summed E-state index contributed by atoms with van der Waals surface area (Å²) < 4.78 is 6.17. The molecule has 0 saturated carbocycles. The number of carbonyl (C=O) groups excluding carboxylic acids is 3. The fourth-order valence-corrected chi connectivity index (χ4v) is 3.70. The quantitative estimate of drug-likeness (QED) is 0.244. The van der Waals surface area contributed by atoms with Crippen LogP contribution < -0.4 is 5.32 Å². The highest BCUT2D eigenvalue weighted by atomic mass is 79.9. The Kier molecular flexibility index (Phi) is 5.69. The van der Waals surface area contributed by atoms with Gasteiger partial charge < -0.3 is 4.42 Å². The topological polar surface area (TPSA) is 123 Å². The third kappa shape index (κ3) is 4.21. The smallest absolute Gasteiger partial charge is 0.331 e. The summed E-state index contributed by atoms with van der Waals surface area (Å²) in [4.78, 5) is 48.7. The minimum absolute atomic E-state index is 0.00920. The Bertz CT molecular complexity index is 1280. The van der Waals surface area contributed by atoms with E-state index in [9.17, 15) is 24.5 Å². The molecule has 1 aliphatic rings. The number of benzene rings is 2. The summed E-state index contributed by atoms with van der Waals surface area (Å²) >= 11 is 3.28. The lowest BCUT2D eigenvalue weighted by Crippen LogP contribution is -2.53. The molecule has 2 heterocycles. The first-order chi connectivity index (χ1) is 15.3. The van der Waals surface area contributed by atoms with Gasteiger partial charge in [0.1, 0.15) is 17.1 Å².